The van der Waals surface area contributed by atoms with E-state index in [4.69, 9.17) is 0 Å². The maximum Gasteiger partial charge on any atom is 0.267 e. The van der Waals surface area contributed by atoms with Crippen LogP contribution in [0.3, 0.4) is 0 Å². The number of aromatic amines is 1. The lowest BCUT2D eigenvalue weighted by Crippen LogP contribution is -2.45. The van der Waals surface area contributed by atoms with Crippen LogP contribution in [0, 0.1) is 5.92 Å². The van der Waals surface area contributed by atoms with Gasteiger partial charge in [-0.3, -0.25) is 4.79 Å². The molecule has 5 nitrogen and oxygen atoms in total. The van der Waals surface area contributed by atoms with Gasteiger partial charge in [0.1, 0.15) is 10.3 Å². The topological polar surface area (TPSA) is 69.8 Å². The second kappa shape index (κ2) is 4.10. The number of nitrogens with one attached hydrogen (secondary N) is 3. The van der Waals surface area contributed by atoms with Crippen molar-refractivity contribution < 1.29 is 0 Å². The Morgan fingerprint density at radius 2 is 2.43 bits per heavy atom. The smallest absolute Gasteiger partial charge is 0.267 e. The Morgan fingerprint density at radius 3 is 3.07 bits per heavy atom. The molecular weight excluding hydrogens is 248 g/mol. The lowest BCUT2D eigenvalue weighted by Gasteiger charge is -2.27. The molecule has 1 saturated heterocycles. The number of aromatic nitrogens is 2. The van der Waals surface area contributed by atoms with Gasteiger partial charge in [0.05, 0.1) is 6.33 Å². The highest BCUT2D eigenvalue weighted by Crippen LogP contribution is 2.14. The quantitative estimate of drug-likeness (QED) is 0.723. The van der Waals surface area contributed by atoms with Crippen molar-refractivity contribution in [3.05, 3.63) is 21.2 Å². The standard InChI is InChI=1S/C8H11BrN4O/c9-6-7(12-4-13-8(6)14)11-3-5-1-10-2-5/h4-5,10H,1-3H2,(H2,11,12,13,14). The Balaban J connectivity index is 2.01. The summed E-state index contributed by atoms with van der Waals surface area (Å²) in [6, 6.07) is 0. The average molecular weight is 259 g/mol. The van der Waals surface area contributed by atoms with E-state index in [0.29, 0.717) is 16.2 Å². The first-order chi connectivity index (χ1) is 6.77. The van der Waals surface area contributed by atoms with Gasteiger partial charge in [-0.1, -0.05) is 0 Å². The molecule has 1 aliphatic heterocycles. The number of nitrogens with zero attached hydrogens (tertiary/aromatic N) is 1. The molecule has 0 spiro atoms. The Hall–Kier alpha value is -0.880. The second-order valence-electron chi connectivity index (χ2n) is 3.30. The molecule has 6 heteroatoms. The Kier molecular flexibility index (Phi) is 2.83. The zero-order chi connectivity index (χ0) is 9.97. The Bertz CT molecular complexity index is 374. The van der Waals surface area contributed by atoms with E-state index < -0.39 is 0 Å². The van der Waals surface area contributed by atoms with E-state index in [9.17, 15) is 4.79 Å². The van der Waals surface area contributed by atoms with Crippen LogP contribution < -0.4 is 16.2 Å². The number of hydrogen-bond donors (Lipinski definition) is 3. The van der Waals surface area contributed by atoms with Crippen molar-refractivity contribution in [2.24, 2.45) is 5.92 Å². The van der Waals surface area contributed by atoms with Gasteiger partial charge in [-0.25, -0.2) is 4.98 Å². The van der Waals surface area contributed by atoms with Gasteiger partial charge < -0.3 is 15.6 Å². The normalized spacial score (nSPS) is 16.4. The van der Waals surface area contributed by atoms with Crippen molar-refractivity contribution in [3.63, 3.8) is 0 Å². The van der Waals surface area contributed by atoms with Gasteiger partial charge in [0.15, 0.2) is 0 Å². The summed E-state index contributed by atoms with van der Waals surface area (Å²) < 4.78 is 0.465. The Labute approximate surface area is 89.5 Å². The first-order valence-electron chi connectivity index (χ1n) is 4.45. The molecule has 3 N–H and O–H groups in total. The van der Waals surface area contributed by atoms with Gasteiger partial charge in [-0.15, -0.1) is 0 Å². The summed E-state index contributed by atoms with van der Waals surface area (Å²) in [5.41, 5.74) is -0.158. The van der Waals surface area contributed by atoms with Gasteiger partial charge in [-0.2, -0.15) is 0 Å². The number of hydrogen-bond acceptors (Lipinski definition) is 4. The van der Waals surface area contributed by atoms with Gasteiger partial charge in [0.2, 0.25) is 0 Å². The fraction of sp³-hybridized carbons (Fsp3) is 0.500. The minimum Gasteiger partial charge on any atom is -0.369 e. The summed E-state index contributed by atoms with van der Waals surface area (Å²) in [5.74, 6) is 1.25. The van der Waals surface area contributed by atoms with Crippen molar-refractivity contribution in [1.82, 2.24) is 15.3 Å². The SMILES string of the molecule is O=c1[nH]cnc(NCC2CNC2)c1Br. The molecule has 0 amide bonds. The van der Waals surface area contributed by atoms with Crippen molar-refractivity contribution >= 4 is 21.7 Å². The molecule has 0 unspecified atom stereocenters. The lowest BCUT2D eigenvalue weighted by atomic mass is 10.0. The van der Waals surface area contributed by atoms with Crippen molar-refractivity contribution in [1.29, 1.82) is 0 Å². The second-order valence-corrected chi connectivity index (χ2v) is 4.09. The summed E-state index contributed by atoms with van der Waals surface area (Å²) in [6.07, 6.45) is 1.40. The summed E-state index contributed by atoms with van der Waals surface area (Å²) in [6.45, 7) is 2.92. The summed E-state index contributed by atoms with van der Waals surface area (Å²) in [7, 11) is 0. The molecule has 0 atom stereocenters. The molecule has 1 aromatic heterocycles. The third-order valence-corrected chi connectivity index (χ3v) is 2.96. The first kappa shape index (κ1) is 9.67. The number of halogens is 1. The molecule has 76 valence electrons. The molecule has 0 saturated carbocycles. The summed E-state index contributed by atoms with van der Waals surface area (Å²) in [4.78, 5) is 17.7. The van der Waals surface area contributed by atoms with Crippen LogP contribution in [0.4, 0.5) is 5.82 Å². The van der Waals surface area contributed by atoms with Crippen molar-refractivity contribution in [3.8, 4) is 0 Å². The molecule has 0 bridgehead atoms. The molecule has 0 aromatic carbocycles. The summed E-state index contributed by atoms with van der Waals surface area (Å²) >= 11 is 3.19. The molecule has 1 aliphatic rings. The van der Waals surface area contributed by atoms with E-state index in [2.05, 4.69) is 36.5 Å². The number of H-pyrrole nitrogens is 1. The van der Waals surface area contributed by atoms with Crippen LogP contribution in [-0.2, 0) is 0 Å². The van der Waals surface area contributed by atoms with Crippen LogP contribution in [0.1, 0.15) is 0 Å². The highest BCUT2D eigenvalue weighted by atomic mass is 79.9. The average Bonchev–Trinajstić information content (AvgIpc) is 2.09. The van der Waals surface area contributed by atoms with Crippen LogP contribution in [-0.4, -0.2) is 29.6 Å². The molecule has 1 fully saturated rings. The monoisotopic (exact) mass is 258 g/mol. The fourth-order valence-corrected chi connectivity index (χ4v) is 1.60. The van der Waals surface area contributed by atoms with Crippen LogP contribution in [0.5, 0.6) is 0 Å². The largest absolute Gasteiger partial charge is 0.369 e. The molecular formula is C8H11BrN4O. The molecule has 0 aliphatic carbocycles. The van der Waals surface area contributed by atoms with E-state index in [0.717, 1.165) is 19.6 Å². The first-order valence-corrected chi connectivity index (χ1v) is 5.24. The van der Waals surface area contributed by atoms with Gasteiger partial charge in [0, 0.05) is 25.6 Å². The van der Waals surface area contributed by atoms with Gasteiger partial charge >= 0.3 is 0 Å². The zero-order valence-electron chi connectivity index (χ0n) is 7.51. The van der Waals surface area contributed by atoms with Gasteiger partial charge in [-0.05, 0) is 15.9 Å². The maximum absolute atomic E-state index is 11.2. The summed E-state index contributed by atoms with van der Waals surface area (Å²) in [5, 5.41) is 6.32. The molecule has 2 rings (SSSR count). The minimum atomic E-state index is -0.158. The minimum absolute atomic E-state index is 0.158. The van der Waals surface area contributed by atoms with Crippen molar-refractivity contribution in [2.45, 2.75) is 0 Å². The highest BCUT2D eigenvalue weighted by Gasteiger charge is 2.16. The van der Waals surface area contributed by atoms with Crippen LogP contribution >= 0.6 is 15.9 Å². The van der Waals surface area contributed by atoms with E-state index in [1.807, 2.05) is 0 Å². The van der Waals surface area contributed by atoms with Gasteiger partial charge in [0.25, 0.3) is 5.56 Å². The number of rotatable bonds is 3. The maximum atomic E-state index is 11.2. The fourth-order valence-electron chi connectivity index (χ4n) is 1.24. The van der Waals surface area contributed by atoms with Crippen LogP contribution in [0.15, 0.2) is 15.6 Å². The third-order valence-electron chi connectivity index (χ3n) is 2.22. The predicted octanol–water partition coefficient (Wildman–Crippen LogP) is 0.164. The molecule has 0 radical (unpaired) electrons. The predicted molar refractivity (Wildman–Crippen MR) is 57.4 cm³/mol. The lowest BCUT2D eigenvalue weighted by molar-refractivity contribution is 0.365. The van der Waals surface area contributed by atoms with E-state index >= 15 is 0 Å². The van der Waals surface area contributed by atoms with Crippen LogP contribution in [0.2, 0.25) is 0 Å². The van der Waals surface area contributed by atoms with Crippen molar-refractivity contribution in [2.75, 3.05) is 25.0 Å². The number of anilines is 1. The Morgan fingerprint density at radius 1 is 1.64 bits per heavy atom. The zero-order valence-corrected chi connectivity index (χ0v) is 9.10. The van der Waals surface area contributed by atoms with Crippen LogP contribution in [0.25, 0.3) is 0 Å². The molecule has 2 heterocycles. The third kappa shape index (κ3) is 1.96. The highest BCUT2D eigenvalue weighted by molar-refractivity contribution is 9.10. The van der Waals surface area contributed by atoms with E-state index in [-0.39, 0.29) is 5.56 Å². The van der Waals surface area contributed by atoms with E-state index in [1.54, 1.807) is 0 Å². The molecule has 1 aromatic rings. The van der Waals surface area contributed by atoms with E-state index in [1.165, 1.54) is 6.33 Å². The molecule has 14 heavy (non-hydrogen) atoms.